The van der Waals surface area contributed by atoms with E-state index < -0.39 is 22.8 Å². The summed E-state index contributed by atoms with van der Waals surface area (Å²) < 4.78 is 15.6. The van der Waals surface area contributed by atoms with Crippen molar-refractivity contribution in [3.8, 4) is 5.75 Å². The van der Waals surface area contributed by atoms with Gasteiger partial charge in [0, 0.05) is 11.6 Å². The number of hydrogen-bond acceptors (Lipinski definition) is 8. The van der Waals surface area contributed by atoms with Crippen molar-refractivity contribution in [3.63, 3.8) is 0 Å². The number of imide groups is 1. The number of carbonyl (C=O) groups is 3. The number of ether oxygens (including phenoxy) is 2. The largest absolute Gasteiger partial charge is 0.483 e. The minimum Gasteiger partial charge on any atom is -0.483 e. The molecule has 0 unspecified atom stereocenters. The first-order valence-corrected chi connectivity index (χ1v) is 9.70. The van der Waals surface area contributed by atoms with Gasteiger partial charge in [-0.2, -0.15) is 0 Å². The average molecular weight is 443 g/mol. The van der Waals surface area contributed by atoms with E-state index in [9.17, 15) is 24.5 Å². The van der Waals surface area contributed by atoms with Gasteiger partial charge in [0.15, 0.2) is 0 Å². The van der Waals surface area contributed by atoms with E-state index in [1.54, 1.807) is 13.0 Å². The van der Waals surface area contributed by atoms with Crippen molar-refractivity contribution in [3.05, 3.63) is 63.2 Å². The number of rotatable bonds is 8. The number of benzene rings is 1. The average Bonchev–Trinajstić information content (AvgIpc) is 3.34. The number of urea groups is 1. The fraction of sp³-hybridized carbons (Fsp3) is 0.286. The topological polar surface area (TPSA) is 141 Å². The van der Waals surface area contributed by atoms with Crippen molar-refractivity contribution >= 4 is 29.7 Å². The molecule has 0 saturated carbocycles. The maximum absolute atomic E-state index is 12.8. The maximum Gasteiger partial charge on any atom is 0.373 e. The van der Waals surface area contributed by atoms with Gasteiger partial charge in [-0.05, 0) is 31.6 Å². The van der Waals surface area contributed by atoms with Gasteiger partial charge in [-0.25, -0.2) is 9.59 Å². The van der Waals surface area contributed by atoms with Crippen LogP contribution in [0.4, 0.5) is 10.5 Å². The van der Waals surface area contributed by atoms with E-state index in [1.807, 2.05) is 6.92 Å². The van der Waals surface area contributed by atoms with Crippen molar-refractivity contribution in [1.82, 2.24) is 10.2 Å². The summed E-state index contributed by atoms with van der Waals surface area (Å²) in [7, 11) is 1.20. The minimum absolute atomic E-state index is 0.00797. The second-order valence-corrected chi connectivity index (χ2v) is 6.93. The van der Waals surface area contributed by atoms with Crippen molar-refractivity contribution in [2.24, 2.45) is 0 Å². The number of furan rings is 1. The van der Waals surface area contributed by atoms with Crippen LogP contribution >= 0.6 is 0 Å². The molecule has 1 atom stereocenters. The normalized spacial score (nSPS) is 15.6. The van der Waals surface area contributed by atoms with Gasteiger partial charge in [-0.15, -0.1) is 0 Å². The minimum atomic E-state index is -0.702. The third kappa shape index (κ3) is 4.61. The summed E-state index contributed by atoms with van der Waals surface area (Å²) in [5.41, 5.74) is -0.0561. The lowest BCUT2D eigenvalue weighted by atomic mass is 10.1. The first-order valence-electron chi connectivity index (χ1n) is 9.70. The second-order valence-electron chi connectivity index (χ2n) is 6.93. The molecule has 1 aliphatic heterocycles. The molecule has 11 nitrogen and oxygen atoms in total. The lowest BCUT2D eigenvalue weighted by Gasteiger charge is -2.15. The van der Waals surface area contributed by atoms with Gasteiger partial charge in [0.25, 0.3) is 5.91 Å². The molecule has 1 aromatic heterocycles. The van der Waals surface area contributed by atoms with Gasteiger partial charge in [0.1, 0.15) is 11.5 Å². The molecule has 3 rings (SSSR count). The van der Waals surface area contributed by atoms with E-state index in [2.05, 4.69) is 10.1 Å². The highest BCUT2D eigenvalue weighted by molar-refractivity contribution is 6.14. The maximum atomic E-state index is 12.8. The summed E-state index contributed by atoms with van der Waals surface area (Å²) in [6, 6.07) is 6.44. The molecule has 32 heavy (non-hydrogen) atoms. The Morgan fingerprint density at radius 3 is 2.72 bits per heavy atom. The van der Waals surface area contributed by atoms with Crippen LogP contribution in [0.1, 0.15) is 42.1 Å². The summed E-state index contributed by atoms with van der Waals surface area (Å²) in [5, 5.41) is 13.9. The number of methoxy groups -OCH3 is 1. The molecule has 1 saturated heterocycles. The summed E-state index contributed by atoms with van der Waals surface area (Å²) in [6.07, 6.45) is 1.64. The number of nitrogens with one attached hydrogen (secondary N) is 1. The van der Waals surface area contributed by atoms with Gasteiger partial charge >= 0.3 is 17.7 Å². The molecule has 3 amide bonds. The molecule has 1 aliphatic rings. The smallest absolute Gasteiger partial charge is 0.373 e. The molecular formula is C21H21N3O8. The highest BCUT2D eigenvalue weighted by atomic mass is 16.6. The van der Waals surface area contributed by atoms with Gasteiger partial charge < -0.3 is 19.2 Å². The molecule has 168 valence electrons. The highest BCUT2D eigenvalue weighted by Crippen LogP contribution is 2.34. The van der Waals surface area contributed by atoms with Crippen molar-refractivity contribution < 1.29 is 33.2 Å². The number of carbonyl (C=O) groups excluding carboxylic acids is 3. The van der Waals surface area contributed by atoms with Crippen LogP contribution in [0.25, 0.3) is 6.08 Å². The third-order valence-electron chi connectivity index (χ3n) is 4.74. The predicted octanol–water partition coefficient (Wildman–Crippen LogP) is 3.24. The van der Waals surface area contributed by atoms with E-state index in [0.29, 0.717) is 6.42 Å². The quantitative estimate of drug-likeness (QED) is 0.215. The van der Waals surface area contributed by atoms with Crippen LogP contribution in [0.5, 0.6) is 5.75 Å². The Morgan fingerprint density at radius 2 is 2.06 bits per heavy atom. The highest BCUT2D eigenvalue weighted by Gasteiger charge is 2.35. The second kappa shape index (κ2) is 9.33. The lowest BCUT2D eigenvalue weighted by molar-refractivity contribution is -0.386. The molecule has 2 aromatic rings. The van der Waals surface area contributed by atoms with E-state index in [-0.39, 0.29) is 46.9 Å². The molecule has 1 fully saturated rings. The first kappa shape index (κ1) is 22.5. The van der Waals surface area contributed by atoms with Crippen LogP contribution in [0.3, 0.4) is 0 Å². The fourth-order valence-corrected chi connectivity index (χ4v) is 2.91. The molecule has 0 spiro atoms. The van der Waals surface area contributed by atoms with Crippen LogP contribution in [0, 0.1) is 10.1 Å². The summed E-state index contributed by atoms with van der Waals surface area (Å²) in [4.78, 5) is 48.4. The Bertz CT molecular complexity index is 1100. The number of nitro groups is 1. The van der Waals surface area contributed by atoms with Gasteiger partial charge in [0.2, 0.25) is 11.5 Å². The number of esters is 1. The SMILES string of the molecule is CC[C@H](C)Oc1c(/C=C2\NC(=O)N(Cc3ccc(C(=O)OC)o3)C2=O)cccc1[N+](=O)[O-]. The molecule has 0 bridgehead atoms. The standard InChI is InChI=1S/C21H21N3O8/c1-4-12(2)31-18-13(6-5-7-16(18)24(28)29)10-15-19(25)23(21(27)22-15)11-14-8-9-17(32-14)20(26)30-3/h5-10,12H,4,11H2,1-3H3,(H,22,27)/b15-10-/t12-/m0/s1. The van der Waals surface area contributed by atoms with Crippen molar-refractivity contribution in [1.29, 1.82) is 0 Å². The Balaban J connectivity index is 1.89. The number of nitrogens with zero attached hydrogens (tertiary/aromatic N) is 2. The molecule has 1 N–H and O–H groups in total. The Kier molecular flexibility index (Phi) is 6.57. The molecular weight excluding hydrogens is 422 g/mol. The van der Waals surface area contributed by atoms with Gasteiger partial charge in [0.05, 0.1) is 24.7 Å². The Morgan fingerprint density at radius 1 is 1.31 bits per heavy atom. The first-order chi connectivity index (χ1) is 15.2. The molecule has 0 aliphatic carbocycles. The number of nitro benzene ring substituents is 1. The lowest BCUT2D eigenvalue weighted by Crippen LogP contribution is -2.30. The molecule has 1 aromatic carbocycles. The van der Waals surface area contributed by atoms with Crippen molar-refractivity contribution in [2.45, 2.75) is 32.9 Å². The third-order valence-corrected chi connectivity index (χ3v) is 4.74. The van der Waals surface area contributed by atoms with Crippen LogP contribution < -0.4 is 10.1 Å². The van der Waals surface area contributed by atoms with Crippen LogP contribution in [-0.2, 0) is 16.1 Å². The van der Waals surface area contributed by atoms with Crippen LogP contribution in [0.2, 0.25) is 0 Å². The molecule has 2 heterocycles. The van der Waals surface area contributed by atoms with Crippen LogP contribution in [0.15, 0.2) is 40.4 Å². The molecule has 0 radical (unpaired) electrons. The fourth-order valence-electron chi connectivity index (χ4n) is 2.91. The predicted molar refractivity (Wildman–Crippen MR) is 111 cm³/mol. The Hall–Kier alpha value is -4.15. The van der Waals surface area contributed by atoms with E-state index >= 15 is 0 Å². The van der Waals surface area contributed by atoms with Crippen LogP contribution in [-0.4, -0.2) is 40.9 Å². The number of para-hydroxylation sites is 1. The van der Waals surface area contributed by atoms with Gasteiger partial charge in [-0.1, -0.05) is 19.1 Å². The zero-order chi connectivity index (χ0) is 23.4. The van der Waals surface area contributed by atoms with Crippen molar-refractivity contribution in [2.75, 3.05) is 7.11 Å². The Labute approximate surface area is 182 Å². The summed E-state index contributed by atoms with van der Waals surface area (Å²) in [5.74, 6) is -1.20. The monoisotopic (exact) mass is 443 g/mol. The van der Waals surface area contributed by atoms with E-state index in [0.717, 1.165) is 4.90 Å². The van der Waals surface area contributed by atoms with Gasteiger partial charge in [-0.3, -0.25) is 19.8 Å². The zero-order valence-electron chi connectivity index (χ0n) is 17.6. The van der Waals surface area contributed by atoms with E-state index in [1.165, 1.54) is 37.5 Å². The number of hydrogen-bond donors (Lipinski definition) is 1. The zero-order valence-corrected chi connectivity index (χ0v) is 17.6. The molecule has 11 heteroatoms. The number of amides is 3. The summed E-state index contributed by atoms with van der Waals surface area (Å²) in [6.45, 7) is 3.42. The summed E-state index contributed by atoms with van der Waals surface area (Å²) >= 11 is 0. The van der Waals surface area contributed by atoms with E-state index in [4.69, 9.17) is 9.15 Å².